The Balaban J connectivity index is 1.92. The van der Waals surface area contributed by atoms with E-state index in [1.807, 2.05) is 30.3 Å². The van der Waals surface area contributed by atoms with Gasteiger partial charge in [0, 0.05) is 5.69 Å². The van der Waals surface area contributed by atoms with Crippen LogP contribution in [0, 0.1) is 0 Å². The molecular weight excluding hydrogens is 366 g/mol. The van der Waals surface area contributed by atoms with Gasteiger partial charge in [-0.05, 0) is 48.0 Å². The molecule has 0 aliphatic rings. The molecule has 3 rings (SSSR count). The van der Waals surface area contributed by atoms with Gasteiger partial charge in [-0.25, -0.2) is 4.79 Å². The minimum Gasteiger partial charge on any atom is -0.496 e. The maximum absolute atomic E-state index is 12.8. The van der Waals surface area contributed by atoms with Gasteiger partial charge in [-0.2, -0.15) is 0 Å². The van der Waals surface area contributed by atoms with Gasteiger partial charge >= 0.3 is 5.97 Å². The average molecular weight is 384 g/mol. The molecule has 138 valence electrons. The van der Waals surface area contributed by atoms with Crippen LogP contribution in [0.5, 0.6) is 5.75 Å². The van der Waals surface area contributed by atoms with Crippen LogP contribution in [-0.4, -0.2) is 25.6 Å². The molecule has 6 heteroatoms. The number of carbonyl (C=O) groups excluding carboxylic acids is 2. The van der Waals surface area contributed by atoms with Crippen LogP contribution in [-0.2, 0) is 4.74 Å². The zero-order valence-electron chi connectivity index (χ0n) is 14.9. The van der Waals surface area contributed by atoms with Gasteiger partial charge in [0.05, 0.1) is 29.9 Å². The number of carbonyl (C=O) groups is 2. The Morgan fingerprint density at radius 3 is 2.37 bits per heavy atom. The molecule has 0 aliphatic carbocycles. The van der Waals surface area contributed by atoms with E-state index in [1.54, 1.807) is 25.1 Å². The first-order valence-corrected chi connectivity index (χ1v) is 8.76. The Hall–Kier alpha value is -3.05. The summed E-state index contributed by atoms with van der Waals surface area (Å²) < 4.78 is 10.4. The molecule has 3 aromatic carbocycles. The highest BCUT2D eigenvalue weighted by Crippen LogP contribution is 2.27. The smallest absolute Gasteiger partial charge is 0.339 e. The lowest BCUT2D eigenvalue weighted by atomic mass is 10.1. The van der Waals surface area contributed by atoms with E-state index in [-0.39, 0.29) is 23.1 Å². The van der Waals surface area contributed by atoms with Crippen molar-refractivity contribution < 1.29 is 19.1 Å². The summed E-state index contributed by atoms with van der Waals surface area (Å²) in [5.74, 6) is -0.428. The number of halogens is 1. The van der Waals surface area contributed by atoms with Crippen molar-refractivity contribution in [1.82, 2.24) is 0 Å². The molecule has 0 bridgehead atoms. The fourth-order valence-electron chi connectivity index (χ4n) is 2.73. The summed E-state index contributed by atoms with van der Waals surface area (Å²) in [5.41, 5.74) is 1.02. The zero-order chi connectivity index (χ0) is 19.4. The Bertz CT molecular complexity index is 1020. The van der Waals surface area contributed by atoms with Crippen molar-refractivity contribution in [3.05, 3.63) is 70.7 Å². The van der Waals surface area contributed by atoms with Crippen molar-refractivity contribution in [3.63, 3.8) is 0 Å². The van der Waals surface area contributed by atoms with E-state index in [2.05, 4.69) is 5.32 Å². The van der Waals surface area contributed by atoms with E-state index in [0.29, 0.717) is 17.0 Å². The summed E-state index contributed by atoms with van der Waals surface area (Å²) in [6, 6.07) is 15.9. The predicted octanol–water partition coefficient (Wildman–Crippen LogP) is 4.93. The predicted molar refractivity (Wildman–Crippen MR) is 106 cm³/mol. The van der Waals surface area contributed by atoms with Crippen molar-refractivity contribution in [3.8, 4) is 5.75 Å². The number of hydrogen-bond acceptors (Lipinski definition) is 4. The number of anilines is 1. The topological polar surface area (TPSA) is 64.6 Å². The van der Waals surface area contributed by atoms with E-state index < -0.39 is 5.97 Å². The van der Waals surface area contributed by atoms with Crippen molar-refractivity contribution in [2.24, 2.45) is 0 Å². The number of rotatable bonds is 5. The first-order chi connectivity index (χ1) is 13.0. The number of hydrogen-bond donors (Lipinski definition) is 1. The summed E-state index contributed by atoms with van der Waals surface area (Å²) in [5, 5.41) is 4.93. The number of amides is 1. The standard InChI is InChI=1S/C21H18ClNO4/c1-3-27-21(25)16-12-15(8-9-18(16)22)23-20(24)17-10-13-6-4-5-7-14(13)11-19(17)26-2/h4-12H,3H2,1-2H3,(H,23,24). The van der Waals surface area contributed by atoms with Gasteiger partial charge < -0.3 is 14.8 Å². The van der Waals surface area contributed by atoms with E-state index in [4.69, 9.17) is 21.1 Å². The minimum absolute atomic E-state index is 0.196. The first kappa shape index (κ1) is 18.7. The van der Waals surface area contributed by atoms with Gasteiger partial charge in [-0.3, -0.25) is 4.79 Å². The number of esters is 1. The maximum atomic E-state index is 12.8. The molecule has 0 aliphatic heterocycles. The third-order valence-corrected chi connectivity index (χ3v) is 4.36. The van der Waals surface area contributed by atoms with E-state index >= 15 is 0 Å². The Morgan fingerprint density at radius 1 is 1.00 bits per heavy atom. The van der Waals surface area contributed by atoms with Gasteiger partial charge in [0.1, 0.15) is 5.75 Å². The van der Waals surface area contributed by atoms with Crippen LogP contribution in [0.3, 0.4) is 0 Å². The molecular formula is C21H18ClNO4. The number of ether oxygens (including phenoxy) is 2. The average Bonchev–Trinajstić information content (AvgIpc) is 2.68. The van der Waals surface area contributed by atoms with E-state index in [9.17, 15) is 9.59 Å². The largest absolute Gasteiger partial charge is 0.496 e. The molecule has 0 unspecified atom stereocenters. The van der Waals surface area contributed by atoms with Crippen LogP contribution in [0.2, 0.25) is 5.02 Å². The Morgan fingerprint density at radius 2 is 1.70 bits per heavy atom. The third-order valence-electron chi connectivity index (χ3n) is 4.03. The second-order valence-corrected chi connectivity index (χ2v) is 6.18. The van der Waals surface area contributed by atoms with Crippen LogP contribution < -0.4 is 10.1 Å². The summed E-state index contributed by atoms with van der Waals surface area (Å²) in [7, 11) is 1.52. The van der Waals surface area contributed by atoms with Gasteiger partial charge in [-0.15, -0.1) is 0 Å². The SMILES string of the molecule is CCOC(=O)c1cc(NC(=O)c2cc3ccccc3cc2OC)ccc1Cl. The number of fused-ring (bicyclic) bond motifs is 1. The molecule has 5 nitrogen and oxygen atoms in total. The molecule has 0 aromatic heterocycles. The second kappa shape index (κ2) is 8.10. The van der Waals surface area contributed by atoms with Crippen LogP contribution in [0.25, 0.3) is 10.8 Å². The molecule has 0 spiro atoms. The van der Waals surface area contributed by atoms with Crippen LogP contribution >= 0.6 is 11.6 Å². The Kier molecular flexibility index (Phi) is 5.62. The number of methoxy groups -OCH3 is 1. The molecule has 0 saturated heterocycles. The van der Waals surface area contributed by atoms with Crippen molar-refractivity contribution in [2.75, 3.05) is 19.0 Å². The molecule has 1 N–H and O–H groups in total. The minimum atomic E-state index is -0.540. The second-order valence-electron chi connectivity index (χ2n) is 5.77. The lowest BCUT2D eigenvalue weighted by Gasteiger charge is -2.12. The molecule has 0 atom stereocenters. The molecule has 0 radical (unpaired) electrons. The lowest BCUT2D eigenvalue weighted by Crippen LogP contribution is -2.14. The highest BCUT2D eigenvalue weighted by molar-refractivity contribution is 6.33. The van der Waals surface area contributed by atoms with Crippen LogP contribution in [0.15, 0.2) is 54.6 Å². The monoisotopic (exact) mass is 383 g/mol. The zero-order valence-corrected chi connectivity index (χ0v) is 15.7. The van der Waals surface area contributed by atoms with E-state index in [1.165, 1.54) is 13.2 Å². The van der Waals surface area contributed by atoms with Crippen molar-refractivity contribution in [1.29, 1.82) is 0 Å². The molecule has 0 heterocycles. The van der Waals surface area contributed by atoms with Gasteiger partial charge in [0.25, 0.3) is 5.91 Å². The fraction of sp³-hybridized carbons (Fsp3) is 0.143. The number of nitrogens with one attached hydrogen (secondary N) is 1. The van der Waals surface area contributed by atoms with Crippen molar-refractivity contribution >= 4 is 39.9 Å². The molecule has 1 amide bonds. The van der Waals surface area contributed by atoms with Crippen LogP contribution in [0.1, 0.15) is 27.6 Å². The number of benzene rings is 3. The maximum Gasteiger partial charge on any atom is 0.339 e. The molecule has 0 saturated carbocycles. The van der Waals surface area contributed by atoms with Crippen LogP contribution in [0.4, 0.5) is 5.69 Å². The fourth-order valence-corrected chi connectivity index (χ4v) is 2.93. The molecule has 3 aromatic rings. The summed E-state index contributed by atoms with van der Waals surface area (Å²) in [6.45, 7) is 1.95. The highest BCUT2D eigenvalue weighted by Gasteiger charge is 2.16. The van der Waals surface area contributed by atoms with E-state index in [0.717, 1.165) is 10.8 Å². The lowest BCUT2D eigenvalue weighted by molar-refractivity contribution is 0.0526. The summed E-state index contributed by atoms with van der Waals surface area (Å²) in [4.78, 5) is 24.8. The van der Waals surface area contributed by atoms with Gasteiger partial charge in [0.2, 0.25) is 0 Å². The quantitative estimate of drug-likeness (QED) is 0.634. The van der Waals surface area contributed by atoms with Gasteiger partial charge in [-0.1, -0.05) is 35.9 Å². The normalized spacial score (nSPS) is 10.5. The highest BCUT2D eigenvalue weighted by atomic mass is 35.5. The Labute approximate surface area is 161 Å². The molecule has 27 heavy (non-hydrogen) atoms. The first-order valence-electron chi connectivity index (χ1n) is 8.38. The summed E-state index contributed by atoms with van der Waals surface area (Å²) >= 11 is 6.06. The molecule has 0 fully saturated rings. The summed E-state index contributed by atoms with van der Waals surface area (Å²) in [6.07, 6.45) is 0. The van der Waals surface area contributed by atoms with Gasteiger partial charge in [0.15, 0.2) is 0 Å². The third kappa shape index (κ3) is 4.04. The van der Waals surface area contributed by atoms with Crippen molar-refractivity contribution in [2.45, 2.75) is 6.92 Å².